The van der Waals surface area contributed by atoms with Gasteiger partial charge in [0, 0.05) is 23.5 Å². The van der Waals surface area contributed by atoms with E-state index in [0.717, 1.165) is 32.2 Å². The summed E-state index contributed by atoms with van der Waals surface area (Å²) in [7, 11) is 2.11. The molecule has 1 atom stereocenters. The first-order valence-corrected chi connectivity index (χ1v) is 10.2. The lowest BCUT2D eigenvalue weighted by molar-refractivity contribution is -0.118. The van der Waals surface area contributed by atoms with E-state index < -0.39 is 5.91 Å². The Labute approximate surface area is 164 Å². The summed E-state index contributed by atoms with van der Waals surface area (Å²) >= 11 is 1.76. The van der Waals surface area contributed by atoms with Gasteiger partial charge in [-0.2, -0.15) is 0 Å². The van der Waals surface area contributed by atoms with Gasteiger partial charge in [0.2, 0.25) is 0 Å². The molecule has 0 bridgehead atoms. The molecular formula is C21H25N3O2S. The Bertz CT molecular complexity index is 797. The Morgan fingerprint density at radius 2 is 1.74 bits per heavy atom. The Balaban J connectivity index is 1.63. The molecule has 5 nitrogen and oxygen atoms in total. The van der Waals surface area contributed by atoms with Crippen LogP contribution in [0.3, 0.4) is 0 Å². The number of rotatable bonds is 8. The molecule has 2 aromatic carbocycles. The molecule has 0 aliphatic carbocycles. The summed E-state index contributed by atoms with van der Waals surface area (Å²) < 4.78 is 2.23. The number of fused-ring (bicyclic) bond motifs is 2. The third kappa shape index (κ3) is 4.96. The second kappa shape index (κ2) is 9.67. The third-order valence-corrected chi connectivity index (χ3v) is 5.86. The molecule has 1 unspecified atom stereocenters. The van der Waals surface area contributed by atoms with Crippen molar-refractivity contribution in [3.63, 3.8) is 0 Å². The van der Waals surface area contributed by atoms with Crippen LogP contribution in [0.25, 0.3) is 0 Å². The van der Waals surface area contributed by atoms with E-state index in [1.54, 1.807) is 11.9 Å². The molecule has 0 radical (unpaired) electrons. The maximum Gasteiger partial charge on any atom is 0.286 e. The Morgan fingerprint density at radius 3 is 2.56 bits per heavy atom. The quantitative estimate of drug-likeness (QED) is 0.392. The van der Waals surface area contributed by atoms with Crippen LogP contribution in [0, 0.1) is 4.91 Å². The minimum atomic E-state index is -0.540. The average molecular weight is 384 g/mol. The summed E-state index contributed by atoms with van der Waals surface area (Å²) in [5.41, 5.74) is 3.83. The van der Waals surface area contributed by atoms with Gasteiger partial charge in [-0.05, 0) is 54.6 Å². The van der Waals surface area contributed by atoms with Gasteiger partial charge in [0.25, 0.3) is 5.91 Å². The number of nitrogens with zero attached hydrogens (tertiary/aromatic N) is 2. The van der Waals surface area contributed by atoms with Crippen LogP contribution in [0.1, 0.15) is 49.3 Å². The number of carbonyl (C=O) groups excluding carboxylic acids is 1. The number of hydrogen-bond acceptors (Lipinski definition) is 5. The van der Waals surface area contributed by atoms with E-state index in [4.69, 9.17) is 0 Å². The summed E-state index contributed by atoms with van der Waals surface area (Å²) in [6.45, 7) is 0.904. The minimum absolute atomic E-state index is 0.163. The van der Waals surface area contributed by atoms with E-state index in [2.05, 4.69) is 70.4 Å². The van der Waals surface area contributed by atoms with Crippen LogP contribution in [0.15, 0.2) is 58.6 Å². The molecule has 0 spiro atoms. The third-order valence-electron chi connectivity index (χ3n) is 4.82. The molecule has 142 valence electrons. The predicted molar refractivity (Wildman–Crippen MR) is 111 cm³/mol. The Kier molecular flexibility index (Phi) is 7.01. The summed E-state index contributed by atoms with van der Waals surface area (Å²) in [6.07, 6.45) is 4.01. The van der Waals surface area contributed by atoms with E-state index >= 15 is 0 Å². The molecule has 1 amide bonds. The molecule has 0 aromatic heterocycles. The highest BCUT2D eigenvalue weighted by Crippen LogP contribution is 2.42. The van der Waals surface area contributed by atoms with Crippen molar-refractivity contribution in [2.45, 2.75) is 43.0 Å². The van der Waals surface area contributed by atoms with Crippen molar-refractivity contribution in [3.8, 4) is 0 Å². The summed E-state index contributed by atoms with van der Waals surface area (Å²) in [6, 6.07) is 17.3. The second-order valence-corrected chi connectivity index (χ2v) is 7.89. The van der Waals surface area contributed by atoms with Crippen LogP contribution in [0.2, 0.25) is 0 Å². The van der Waals surface area contributed by atoms with Crippen LogP contribution in [0.4, 0.5) is 5.69 Å². The topological polar surface area (TPSA) is 61.8 Å². The van der Waals surface area contributed by atoms with E-state index in [1.807, 2.05) is 0 Å². The van der Waals surface area contributed by atoms with Crippen molar-refractivity contribution in [2.75, 3.05) is 17.9 Å². The van der Waals surface area contributed by atoms with Crippen molar-refractivity contribution in [1.82, 2.24) is 5.32 Å². The number of nitrogens with one attached hydrogen (secondary N) is 1. The fourth-order valence-corrected chi connectivity index (χ4v) is 4.44. The fraction of sp³-hybridized carbons (Fsp3) is 0.381. The number of carbonyl (C=O) groups is 1. The molecule has 27 heavy (non-hydrogen) atoms. The first-order chi connectivity index (χ1) is 13.2. The van der Waals surface area contributed by atoms with E-state index in [9.17, 15) is 9.70 Å². The highest BCUT2D eigenvalue weighted by Gasteiger charge is 2.25. The number of para-hydroxylation sites is 1. The standard InChI is InChI=1S/C21H25N3O2S/c1-24-18-12-7-5-10-16(18)21(17-11-6-8-13-19(17)27-24)22-15-9-3-2-4-14-20(25)23-26/h5-8,10-13,21-22H,2-4,9,14-15H2,1H3. The highest BCUT2D eigenvalue weighted by atomic mass is 32.2. The maximum atomic E-state index is 10.9. The zero-order valence-corrected chi connectivity index (χ0v) is 16.4. The highest BCUT2D eigenvalue weighted by molar-refractivity contribution is 8.00. The number of unbranched alkanes of at least 4 members (excludes halogenated alkanes) is 3. The van der Waals surface area contributed by atoms with E-state index in [-0.39, 0.29) is 12.5 Å². The van der Waals surface area contributed by atoms with Gasteiger partial charge >= 0.3 is 0 Å². The van der Waals surface area contributed by atoms with Gasteiger partial charge in [-0.15, -0.1) is 4.91 Å². The second-order valence-electron chi connectivity index (χ2n) is 6.72. The van der Waals surface area contributed by atoms with Crippen molar-refractivity contribution in [3.05, 3.63) is 64.6 Å². The van der Waals surface area contributed by atoms with Crippen molar-refractivity contribution in [1.29, 1.82) is 0 Å². The average Bonchev–Trinajstić information content (AvgIpc) is 2.81. The van der Waals surface area contributed by atoms with Crippen LogP contribution in [-0.4, -0.2) is 19.5 Å². The van der Waals surface area contributed by atoms with Crippen molar-refractivity contribution >= 4 is 23.5 Å². The van der Waals surface area contributed by atoms with Gasteiger partial charge in [0.05, 0.1) is 11.7 Å². The molecule has 0 saturated heterocycles. The SMILES string of the molecule is CN1Sc2ccccc2C(NCCCCCCC(=O)N=O)c2ccccc21. The molecule has 0 saturated carbocycles. The van der Waals surface area contributed by atoms with Crippen LogP contribution >= 0.6 is 11.9 Å². The monoisotopic (exact) mass is 383 g/mol. The predicted octanol–water partition coefficient (Wildman–Crippen LogP) is 5.07. The molecular weight excluding hydrogens is 358 g/mol. The maximum absolute atomic E-state index is 10.9. The minimum Gasteiger partial charge on any atom is -0.315 e. The van der Waals surface area contributed by atoms with Gasteiger partial charge in [-0.25, -0.2) is 0 Å². The number of nitroso groups, excluding NO2 is 1. The van der Waals surface area contributed by atoms with E-state index in [0.29, 0.717) is 0 Å². The Morgan fingerprint density at radius 1 is 1.04 bits per heavy atom. The molecule has 6 heteroatoms. The summed E-state index contributed by atoms with van der Waals surface area (Å²) in [5.74, 6) is -0.540. The smallest absolute Gasteiger partial charge is 0.286 e. The number of hydrogen-bond donors (Lipinski definition) is 1. The largest absolute Gasteiger partial charge is 0.315 e. The summed E-state index contributed by atoms with van der Waals surface area (Å²) in [4.78, 5) is 22.3. The lowest BCUT2D eigenvalue weighted by Gasteiger charge is -2.22. The van der Waals surface area contributed by atoms with Gasteiger partial charge in [-0.1, -0.05) is 49.2 Å². The number of anilines is 1. The van der Waals surface area contributed by atoms with Gasteiger partial charge in [-0.3, -0.25) is 4.79 Å². The Hall–Kier alpha value is -2.18. The molecule has 1 aliphatic rings. The van der Waals surface area contributed by atoms with Crippen LogP contribution in [0.5, 0.6) is 0 Å². The number of benzene rings is 2. The molecule has 3 rings (SSSR count). The van der Waals surface area contributed by atoms with Gasteiger partial charge in [0.15, 0.2) is 0 Å². The normalized spacial score (nSPS) is 15.6. The lowest BCUT2D eigenvalue weighted by atomic mass is 9.96. The summed E-state index contributed by atoms with van der Waals surface area (Å²) in [5, 5.41) is 6.16. The first kappa shape index (κ1) is 19.6. The van der Waals surface area contributed by atoms with E-state index in [1.165, 1.54) is 21.7 Å². The molecule has 1 heterocycles. The zero-order chi connectivity index (χ0) is 19.1. The first-order valence-electron chi connectivity index (χ1n) is 9.40. The van der Waals surface area contributed by atoms with Crippen molar-refractivity contribution < 1.29 is 4.79 Å². The van der Waals surface area contributed by atoms with Crippen molar-refractivity contribution in [2.24, 2.45) is 5.18 Å². The van der Waals surface area contributed by atoms with Crippen LogP contribution < -0.4 is 9.62 Å². The molecule has 1 aliphatic heterocycles. The van der Waals surface area contributed by atoms with Gasteiger partial charge < -0.3 is 9.62 Å². The van der Waals surface area contributed by atoms with Gasteiger partial charge in [0.1, 0.15) is 0 Å². The molecule has 0 fully saturated rings. The number of amides is 1. The fourth-order valence-electron chi connectivity index (χ4n) is 3.45. The molecule has 2 aromatic rings. The van der Waals surface area contributed by atoms with Crippen LogP contribution in [-0.2, 0) is 4.79 Å². The lowest BCUT2D eigenvalue weighted by Crippen LogP contribution is -2.24. The zero-order valence-electron chi connectivity index (χ0n) is 15.6. The molecule has 1 N–H and O–H groups in total.